The molecule has 6 rings (SSSR count). The average molecular weight is 356 g/mol. The van der Waals surface area contributed by atoms with Gasteiger partial charge in [0.05, 0.1) is 0 Å². The number of carbonyl (C=O) groups is 1. The van der Waals surface area contributed by atoms with Gasteiger partial charge in [0.2, 0.25) is 0 Å². The molecule has 0 aromatic heterocycles. The maximum atomic E-state index is 11.5. The third-order valence-corrected chi connectivity index (χ3v) is 5.82. The Bertz CT molecular complexity index is 1570. The van der Waals surface area contributed by atoms with E-state index >= 15 is 0 Å². The summed E-state index contributed by atoms with van der Waals surface area (Å²) in [6, 6.07) is 32.2. The van der Waals surface area contributed by atoms with Crippen LogP contribution in [0.5, 0.6) is 0 Å². The minimum atomic E-state index is 0.739. The van der Waals surface area contributed by atoms with Gasteiger partial charge < -0.3 is 0 Å². The van der Waals surface area contributed by atoms with Crippen LogP contribution in [0.4, 0.5) is 0 Å². The lowest BCUT2D eigenvalue weighted by molar-refractivity contribution is 0.112. The Morgan fingerprint density at radius 3 is 1.68 bits per heavy atom. The summed E-state index contributed by atoms with van der Waals surface area (Å²) in [5.41, 5.74) is 0.739. The first-order chi connectivity index (χ1) is 13.8. The number of hydrogen-bond donors (Lipinski definition) is 0. The molecule has 0 aliphatic heterocycles. The first-order valence-electron chi connectivity index (χ1n) is 9.47. The third-order valence-electron chi connectivity index (χ3n) is 5.82. The molecule has 0 atom stereocenters. The molecule has 0 unspecified atom stereocenters. The molecular formula is C27H16O. The monoisotopic (exact) mass is 356 g/mol. The zero-order valence-corrected chi connectivity index (χ0v) is 15.1. The summed E-state index contributed by atoms with van der Waals surface area (Å²) in [7, 11) is 0. The summed E-state index contributed by atoms with van der Waals surface area (Å²) in [5, 5.41) is 11.9. The van der Waals surface area contributed by atoms with Crippen molar-refractivity contribution in [3.63, 3.8) is 0 Å². The molecule has 0 spiro atoms. The van der Waals surface area contributed by atoms with Crippen molar-refractivity contribution in [3.8, 4) is 0 Å². The fraction of sp³-hybridized carbons (Fsp3) is 0. The van der Waals surface area contributed by atoms with Crippen molar-refractivity contribution >= 4 is 60.1 Å². The van der Waals surface area contributed by atoms with E-state index in [2.05, 4.69) is 78.9 Å². The molecule has 0 amide bonds. The van der Waals surface area contributed by atoms with Crippen molar-refractivity contribution in [1.82, 2.24) is 0 Å². The first kappa shape index (κ1) is 15.4. The molecule has 0 fully saturated rings. The van der Waals surface area contributed by atoms with Gasteiger partial charge in [-0.2, -0.15) is 0 Å². The molecule has 0 saturated heterocycles. The van der Waals surface area contributed by atoms with Crippen LogP contribution in [-0.4, -0.2) is 6.29 Å². The average Bonchev–Trinajstić information content (AvgIpc) is 2.74. The number of fused-ring (bicyclic) bond motifs is 6. The predicted octanol–water partition coefficient (Wildman–Crippen LogP) is 7.27. The van der Waals surface area contributed by atoms with Crippen LogP contribution in [0.25, 0.3) is 53.9 Å². The highest BCUT2D eigenvalue weighted by molar-refractivity contribution is 6.17. The molecule has 6 aromatic carbocycles. The molecule has 0 aliphatic carbocycles. The van der Waals surface area contributed by atoms with Crippen molar-refractivity contribution in [3.05, 3.63) is 96.6 Å². The topological polar surface area (TPSA) is 17.1 Å². The normalized spacial score (nSPS) is 11.7. The van der Waals surface area contributed by atoms with Gasteiger partial charge in [0.1, 0.15) is 0 Å². The lowest BCUT2D eigenvalue weighted by atomic mass is 9.94. The molecule has 0 N–H and O–H groups in total. The summed E-state index contributed by atoms with van der Waals surface area (Å²) < 4.78 is 0. The molecule has 28 heavy (non-hydrogen) atoms. The first-order valence-corrected chi connectivity index (χ1v) is 9.47. The number of carbonyl (C=O) groups excluding carboxylic acids is 1. The maximum absolute atomic E-state index is 11.5. The molecule has 0 heterocycles. The molecule has 0 aliphatic rings. The van der Waals surface area contributed by atoms with Crippen molar-refractivity contribution in [2.24, 2.45) is 0 Å². The highest BCUT2D eigenvalue weighted by atomic mass is 16.1. The number of hydrogen-bond acceptors (Lipinski definition) is 1. The fourth-order valence-electron chi connectivity index (χ4n) is 4.40. The van der Waals surface area contributed by atoms with Gasteiger partial charge in [-0.1, -0.05) is 54.6 Å². The van der Waals surface area contributed by atoms with E-state index in [0.29, 0.717) is 0 Å². The predicted molar refractivity (Wildman–Crippen MR) is 119 cm³/mol. The highest BCUT2D eigenvalue weighted by Gasteiger charge is 2.08. The summed E-state index contributed by atoms with van der Waals surface area (Å²) >= 11 is 0. The summed E-state index contributed by atoms with van der Waals surface area (Å²) in [5.74, 6) is 0. The van der Waals surface area contributed by atoms with Crippen LogP contribution in [0.2, 0.25) is 0 Å². The fourth-order valence-corrected chi connectivity index (χ4v) is 4.40. The van der Waals surface area contributed by atoms with Crippen LogP contribution in [0.1, 0.15) is 10.4 Å². The number of benzene rings is 6. The smallest absolute Gasteiger partial charge is 0.150 e. The van der Waals surface area contributed by atoms with Gasteiger partial charge in [-0.25, -0.2) is 0 Å². The number of rotatable bonds is 1. The molecule has 6 aromatic rings. The van der Waals surface area contributed by atoms with Gasteiger partial charge in [-0.15, -0.1) is 0 Å². The van der Waals surface area contributed by atoms with Crippen molar-refractivity contribution in [2.45, 2.75) is 0 Å². The van der Waals surface area contributed by atoms with E-state index in [1.54, 1.807) is 0 Å². The third kappa shape index (κ3) is 2.17. The highest BCUT2D eigenvalue weighted by Crippen LogP contribution is 2.34. The van der Waals surface area contributed by atoms with Crippen LogP contribution in [0.3, 0.4) is 0 Å². The van der Waals surface area contributed by atoms with Crippen molar-refractivity contribution in [2.75, 3.05) is 0 Å². The van der Waals surface area contributed by atoms with Crippen LogP contribution >= 0.6 is 0 Å². The van der Waals surface area contributed by atoms with E-state index in [-0.39, 0.29) is 0 Å². The molecule has 1 nitrogen and oxygen atoms in total. The molecule has 0 saturated carbocycles. The van der Waals surface area contributed by atoms with E-state index < -0.39 is 0 Å². The molecular weight excluding hydrogens is 340 g/mol. The lowest BCUT2D eigenvalue weighted by Gasteiger charge is -2.10. The van der Waals surface area contributed by atoms with E-state index in [1.807, 2.05) is 12.1 Å². The van der Waals surface area contributed by atoms with Crippen molar-refractivity contribution < 1.29 is 4.79 Å². The van der Waals surface area contributed by atoms with E-state index in [0.717, 1.165) is 22.6 Å². The van der Waals surface area contributed by atoms with Gasteiger partial charge in [0, 0.05) is 5.56 Å². The Kier molecular flexibility index (Phi) is 3.09. The molecule has 0 bridgehead atoms. The SMILES string of the molecule is O=Cc1cccc2cc3ccc4cc5cc6ccccc6cc5cc4c3cc12. The van der Waals surface area contributed by atoms with E-state index in [9.17, 15) is 4.79 Å². The standard InChI is InChI=1S/C27H16O/c28-16-22-7-3-6-19-12-20-8-9-21-13-23-10-17-4-1-2-5-18(17)11-24(23)14-26(21)27(20)15-25(19)22/h1-16H. The zero-order valence-electron chi connectivity index (χ0n) is 15.1. The Balaban J connectivity index is 1.77. The maximum Gasteiger partial charge on any atom is 0.150 e. The van der Waals surface area contributed by atoms with E-state index in [1.165, 1.54) is 43.1 Å². The lowest BCUT2D eigenvalue weighted by Crippen LogP contribution is -1.86. The van der Waals surface area contributed by atoms with Crippen molar-refractivity contribution in [1.29, 1.82) is 0 Å². The molecule has 0 radical (unpaired) electrons. The molecule has 1 heteroatoms. The summed E-state index contributed by atoms with van der Waals surface area (Å²) in [6.07, 6.45) is 0.945. The van der Waals surface area contributed by atoms with E-state index in [4.69, 9.17) is 0 Å². The van der Waals surface area contributed by atoms with Crippen LogP contribution in [0, 0.1) is 0 Å². The van der Waals surface area contributed by atoms with Gasteiger partial charge in [-0.05, 0) is 90.3 Å². The zero-order chi connectivity index (χ0) is 18.7. The van der Waals surface area contributed by atoms with Gasteiger partial charge >= 0.3 is 0 Å². The second kappa shape index (κ2) is 5.64. The quantitative estimate of drug-likeness (QED) is 0.172. The second-order valence-electron chi connectivity index (χ2n) is 7.44. The van der Waals surface area contributed by atoms with Crippen LogP contribution < -0.4 is 0 Å². The second-order valence-corrected chi connectivity index (χ2v) is 7.44. The van der Waals surface area contributed by atoms with Gasteiger partial charge in [0.15, 0.2) is 6.29 Å². The van der Waals surface area contributed by atoms with Gasteiger partial charge in [-0.3, -0.25) is 4.79 Å². The summed E-state index contributed by atoms with van der Waals surface area (Å²) in [6.45, 7) is 0. The van der Waals surface area contributed by atoms with Crippen LogP contribution in [-0.2, 0) is 0 Å². The number of aldehydes is 1. The van der Waals surface area contributed by atoms with Crippen LogP contribution in [0.15, 0.2) is 91.0 Å². The Morgan fingerprint density at radius 2 is 0.964 bits per heavy atom. The minimum Gasteiger partial charge on any atom is -0.298 e. The Morgan fingerprint density at radius 1 is 0.429 bits per heavy atom. The minimum absolute atomic E-state index is 0.739. The molecule has 130 valence electrons. The largest absolute Gasteiger partial charge is 0.298 e. The Labute approximate surface area is 161 Å². The van der Waals surface area contributed by atoms with Gasteiger partial charge in [0.25, 0.3) is 0 Å². The summed E-state index contributed by atoms with van der Waals surface area (Å²) in [4.78, 5) is 11.5. The Hall–Kier alpha value is -3.71.